The molecule has 0 aliphatic heterocycles. The molecule has 1 heteroatoms. The summed E-state index contributed by atoms with van der Waals surface area (Å²) in [4.78, 5) is 0. The van der Waals surface area contributed by atoms with Crippen LogP contribution in [-0.4, -0.2) is 0 Å². The van der Waals surface area contributed by atoms with Crippen molar-refractivity contribution in [3.05, 3.63) is 28.7 Å². The van der Waals surface area contributed by atoms with Crippen molar-refractivity contribution in [1.82, 2.24) is 0 Å². The molecule has 1 aromatic rings. The van der Waals surface area contributed by atoms with Crippen molar-refractivity contribution in [2.45, 2.75) is 85.5 Å². The molecule has 1 rings (SSSR count). The highest BCUT2D eigenvalue weighted by Crippen LogP contribution is 2.37. The minimum Gasteiger partial charge on any atom is -0.216 e. The van der Waals surface area contributed by atoms with Crippen LogP contribution in [0, 0.1) is 6.92 Å². The van der Waals surface area contributed by atoms with Gasteiger partial charge in [-0.1, -0.05) is 20.8 Å². The van der Waals surface area contributed by atoms with Crippen molar-refractivity contribution >= 4 is 0 Å². The molecule has 0 spiro atoms. The molecule has 0 aromatic carbocycles. The van der Waals surface area contributed by atoms with Gasteiger partial charge < -0.3 is 0 Å². The van der Waals surface area contributed by atoms with Crippen molar-refractivity contribution in [1.29, 1.82) is 0 Å². The maximum absolute atomic E-state index is 6.27. The summed E-state index contributed by atoms with van der Waals surface area (Å²) in [5.74, 6) is 2.19. The first kappa shape index (κ1) is 16.2. The summed E-state index contributed by atoms with van der Waals surface area (Å²) in [5.41, 5.74) is 2.90. The van der Waals surface area contributed by atoms with E-state index in [4.69, 9.17) is 4.42 Å². The van der Waals surface area contributed by atoms with E-state index >= 15 is 0 Å². The van der Waals surface area contributed by atoms with E-state index in [1.54, 1.807) is 0 Å². The van der Waals surface area contributed by atoms with E-state index in [-0.39, 0.29) is 16.2 Å². The van der Waals surface area contributed by atoms with Gasteiger partial charge in [0.25, 0.3) is 0 Å². The van der Waals surface area contributed by atoms with Gasteiger partial charge in [-0.05, 0) is 59.4 Å². The van der Waals surface area contributed by atoms with Crippen molar-refractivity contribution in [2.24, 2.45) is 0 Å². The molecule has 1 aromatic heterocycles. The van der Waals surface area contributed by atoms with E-state index in [1.165, 1.54) is 11.1 Å². The minimum absolute atomic E-state index is 0.0331. The molecule has 0 atom stereocenters. The fourth-order valence-corrected chi connectivity index (χ4v) is 2.44. The zero-order chi connectivity index (χ0) is 15.2. The Kier molecular flexibility index (Phi) is 3.93. The number of hydrogen-bond acceptors (Lipinski definition) is 0. The van der Waals surface area contributed by atoms with Crippen molar-refractivity contribution in [3.63, 3.8) is 0 Å². The van der Waals surface area contributed by atoms with E-state index in [0.717, 1.165) is 11.5 Å². The molecule has 0 aliphatic rings. The lowest BCUT2D eigenvalue weighted by molar-refractivity contribution is 0.321. The summed E-state index contributed by atoms with van der Waals surface area (Å²) in [6, 6.07) is 2.25. The third kappa shape index (κ3) is 3.58. The number of rotatable bonds is 0. The molecule has 0 unspecified atom stereocenters. The van der Waals surface area contributed by atoms with E-state index in [0.29, 0.717) is 0 Å². The summed E-state index contributed by atoms with van der Waals surface area (Å²) in [6.45, 7) is 22.3. The quantitative estimate of drug-likeness (QED) is 0.541. The molecule has 0 radical (unpaired) electrons. The Morgan fingerprint density at radius 1 is 0.737 bits per heavy atom. The van der Waals surface area contributed by atoms with Crippen molar-refractivity contribution < 1.29 is 4.42 Å². The summed E-state index contributed by atoms with van der Waals surface area (Å²) in [7, 11) is 0. The SMILES string of the molecule is Cc1c(C(C)(C)C)cc(C(C)(C)C)[o+]c1C(C)(C)C. The molecular formula is C18H31O+. The second kappa shape index (κ2) is 4.61. The van der Waals surface area contributed by atoms with Gasteiger partial charge in [0.2, 0.25) is 0 Å². The Morgan fingerprint density at radius 2 is 1.21 bits per heavy atom. The van der Waals surface area contributed by atoms with Crippen LogP contribution in [0.25, 0.3) is 0 Å². The lowest BCUT2D eigenvalue weighted by Crippen LogP contribution is -2.23. The molecule has 0 N–H and O–H groups in total. The Morgan fingerprint density at radius 3 is 1.53 bits per heavy atom. The Balaban J connectivity index is 3.68. The van der Waals surface area contributed by atoms with Crippen LogP contribution in [0.15, 0.2) is 10.5 Å². The van der Waals surface area contributed by atoms with E-state index in [1.807, 2.05) is 0 Å². The summed E-state index contributed by atoms with van der Waals surface area (Å²) in [5, 5.41) is 0. The van der Waals surface area contributed by atoms with Gasteiger partial charge in [-0.25, -0.2) is 4.42 Å². The van der Waals surface area contributed by atoms with Crippen LogP contribution in [0.1, 0.15) is 85.0 Å². The Hall–Kier alpha value is -0.850. The van der Waals surface area contributed by atoms with Crippen molar-refractivity contribution in [3.8, 4) is 0 Å². The molecule has 108 valence electrons. The summed E-state index contributed by atoms with van der Waals surface area (Å²) < 4.78 is 6.27. The molecule has 0 fully saturated rings. The molecule has 0 saturated carbocycles. The highest BCUT2D eigenvalue weighted by Gasteiger charge is 2.38. The van der Waals surface area contributed by atoms with Crippen LogP contribution in [0.4, 0.5) is 0 Å². The maximum Gasteiger partial charge on any atom is 0.337 e. The van der Waals surface area contributed by atoms with Crippen LogP contribution >= 0.6 is 0 Å². The fraction of sp³-hybridized carbons (Fsp3) is 0.722. The molecule has 0 bridgehead atoms. The normalized spacial score (nSPS) is 13.8. The lowest BCUT2D eigenvalue weighted by atomic mass is 9.78. The molecular weight excluding hydrogens is 232 g/mol. The Bertz CT molecular complexity index is 427. The molecule has 0 aliphatic carbocycles. The second-order valence-corrected chi connectivity index (χ2v) is 8.73. The monoisotopic (exact) mass is 263 g/mol. The van der Waals surface area contributed by atoms with E-state index < -0.39 is 0 Å². The molecule has 0 amide bonds. The van der Waals surface area contributed by atoms with Gasteiger partial charge >= 0.3 is 11.5 Å². The largest absolute Gasteiger partial charge is 0.337 e. The fourth-order valence-electron chi connectivity index (χ4n) is 2.44. The highest BCUT2D eigenvalue weighted by atomic mass is 16.3. The predicted molar refractivity (Wildman–Crippen MR) is 84.0 cm³/mol. The van der Waals surface area contributed by atoms with Crippen LogP contribution in [-0.2, 0) is 16.2 Å². The summed E-state index contributed by atoms with van der Waals surface area (Å²) >= 11 is 0. The molecule has 1 heterocycles. The van der Waals surface area contributed by atoms with Gasteiger partial charge in [-0.2, -0.15) is 0 Å². The van der Waals surface area contributed by atoms with Crippen molar-refractivity contribution in [2.75, 3.05) is 0 Å². The first-order valence-electron chi connectivity index (χ1n) is 7.24. The first-order chi connectivity index (χ1) is 8.24. The average molecular weight is 263 g/mol. The van der Waals surface area contributed by atoms with Crippen LogP contribution in [0.5, 0.6) is 0 Å². The maximum atomic E-state index is 6.27. The zero-order valence-corrected chi connectivity index (χ0v) is 14.5. The predicted octanol–water partition coefficient (Wildman–Crippen LogP) is 5.76. The standard InChI is InChI=1S/C18H31O/c1-12-13(16(2,3)4)11-14(17(5,6)7)19-15(12)18(8,9)10/h11H,1-10H3/q+1. The summed E-state index contributed by atoms with van der Waals surface area (Å²) in [6.07, 6.45) is 0. The van der Waals surface area contributed by atoms with Gasteiger partial charge in [0, 0.05) is 6.07 Å². The molecule has 0 saturated heterocycles. The van der Waals surface area contributed by atoms with Gasteiger partial charge in [0.05, 0.1) is 16.4 Å². The third-order valence-corrected chi connectivity index (χ3v) is 3.46. The van der Waals surface area contributed by atoms with Gasteiger partial charge in [-0.15, -0.1) is 0 Å². The minimum atomic E-state index is 0.0331. The van der Waals surface area contributed by atoms with E-state index in [2.05, 4.69) is 75.3 Å². The number of hydrogen-bond donors (Lipinski definition) is 0. The first-order valence-corrected chi connectivity index (χ1v) is 7.24. The van der Waals surface area contributed by atoms with Gasteiger partial charge in [0.1, 0.15) is 0 Å². The highest BCUT2D eigenvalue weighted by molar-refractivity contribution is 5.38. The van der Waals surface area contributed by atoms with Gasteiger partial charge in [0.15, 0.2) is 0 Å². The van der Waals surface area contributed by atoms with Crippen LogP contribution in [0.2, 0.25) is 0 Å². The topological polar surface area (TPSA) is 11.3 Å². The van der Waals surface area contributed by atoms with E-state index in [9.17, 15) is 0 Å². The second-order valence-electron chi connectivity index (χ2n) is 8.73. The van der Waals surface area contributed by atoms with Crippen LogP contribution in [0.3, 0.4) is 0 Å². The third-order valence-electron chi connectivity index (χ3n) is 3.46. The van der Waals surface area contributed by atoms with Gasteiger partial charge in [-0.3, -0.25) is 0 Å². The molecule has 1 nitrogen and oxygen atoms in total. The zero-order valence-electron chi connectivity index (χ0n) is 14.5. The Labute approximate surface area is 119 Å². The average Bonchev–Trinajstić information content (AvgIpc) is 2.11. The smallest absolute Gasteiger partial charge is 0.216 e. The lowest BCUT2D eigenvalue weighted by Gasteiger charge is -2.24. The van der Waals surface area contributed by atoms with Crippen LogP contribution < -0.4 is 0 Å². The molecule has 19 heavy (non-hydrogen) atoms.